The topological polar surface area (TPSA) is 39.1 Å². The molecule has 1 aliphatic rings. The van der Waals surface area contributed by atoms with Gasteiger partial charge in [-0.15, -0.1) is 0 Å². The van der Waals surface area contributed by atoms with Crippen molar-refractivity contribution in [1.29, 1.82) is 0 Å². The first kappa shape index (κ1) is 16.5. The van der Waals surface area contributed by atoms with Gasteiger partial charge in [0, 0.05) is 25.9 Å². The summed E-state index contributed by atoms with van der Waals surface area (Å²) in [7, 11) is 1.98. The SMILES string of the molecule is CCCNC(CCc1cnn(C)c1)C1(OCC)CCCC1. The number of ether oxygens (including phenoxy) is 1. The Labute approximate surface area is 129 Å². The highest BCUT2D eigenvalue weighted by Crippen LogP contribution is 2.37. The fraction of sp³-hybridized carbons (Fsp3) is 0.824. The molecule has 4 nitrogen and oxygen atoms in total. The van der Waals surface area contributed by atoms with E-state index in [1.165, 1.54) is 37.7 Å². The van der Waals surface area contributed by atoms with Gasteiger partial charge in [-0.2, -0.15) is 5.10 Å². The maximum Gasteiger partial charge on any atom is 0.0834 e. The van der Waals surface area contributed by atoms with Gasteiger partial charge in [-0.25, -0.2) is 0 Å². The molecule has 21 heavy (non-hydrogen) atoms. The molecule has 0 radical (unpaired) electrons. The Balaban J connectivity index is 2.01. The molecular weight excluding hydrogens is 262 g/mol. The summed E-state index contributed by atoms with van der Waals surface area (Å²) >= 11 is 0. The van der Waals surface area contributed by atoms with Gasteiger partial charge in [0.25, 0.3) is 0 Å². The van der Waals surface area contributed by atoms with Crippen LogP contribution in [0, 0.1) is 0 Å². The summed E-state index contributed by atoms with van der Waals surface area (Å²) < 4.78 is 8.15. The Kier molecular flexibility index (Phi) is 6.24. The van der Waals surface area contributed by atoms with Crippen molar-refractivity contribution < 1.29 is 4.74 Å². The van der Waals surface area contributed by atoms with Gasteiger partial charge in [-0.3, -0.25) is 4.68 Å². The van der Waals surface area contributed by atoms with Crippen LogP contribution in [-0.2, 0) is 18.2 Å². The second kappa shape index (κ2) is 7.95. The molecule has 0 spiro atoms. The van der Waals surface area contributed by atoms with Crippen LogP contribution >= 0.6 is 0 Å². The molecule has 1 aliphatic carbocycles. The minimum absolute atomic E-state index is 0.0616. The molecule has 0 amide bonds. The van der Waals surface area contributed by atoms with Crippen LogP contribution in [0.4, 0.5) is 0 Å². The average Bonchev–Trinajstić information content (AvgIpc) is 3.09. The minimum atomic E-state index is 0.0616. The lowest BCUT2D eigenvalue weighted by Gasteiger charge is -2.38. The molecule has 0 bridgehead atoms. The lowest BCUT2D eigenvalue weighted by atomic mass is 9.87. The number of hydrogen-bond acceptors (Lipinski definition) is 3. The number of hydrogen-bond donors (Lipinski definition) is 1. The third kappa shape index (κ3) is 4.30. The minimum Gasteiger partial charge on any atom is -0.374 e. The summed E-state index contributed by atoms with van der Waals surface area (Å²) in [6.07, 6.45) is 12.5. The van der Waals surface area contributed by atoms with Gasteiger partial charge in [-0.05, 0) is 51.1 Å². The molecule has 0 saturated heterocycles. The Morgan fingerprint density at radius 1 is 1.38 bits per heavy atom. The molecule has 1 N–H and O–H groups in total. The van der Waals surface area contributed by atoms with Crippen LogP contribution in [0.1, 0.15) is 57.9 Å². The van der Waals surface area contributed by atoms with E-state index in [0.29, 0.717) is 6.04 Å². The van der Waals surface area contributed by atoms with Crippen molar-refractivity contribution in [2.24, 2.45) is 7.05 Å². The van der Waals surface area contributed by atoms with Crippen LogP contribution in [0.3, 0.4) is 0 Å². The number of aryl methyl sites for hydroxylation is 2. The fourth-order valence-corrected chi connectivity index (χ4v) is 3.64. The van der Waals surface area contributed by atoms with Crippen molar-refractivity contribution in [1.82, 2.24) is 15.1 Å². The van der Waals surface area contributed by atoms with Crippen LogP contribution in [0.15, 0.2) is 12.4 Å². The van der Waals surface area contributed by atoms with Gasteiger partial charge in [0.05, 0.1) is 11.8 Å². The lowest BCUT2D eigenvalue weighted by Crippen LogP contribution is -2.51. The predicted molar refractivity (Wildman–Crippen MR) is 86.4 cm³/mol. The summed E-state index contributed by atoms with van der Waals surface area (Å²) in [6, 6.07) is 0.458. The van der Waals surface area contributed by atoms with Crippen molar-refractivity contribution in [2.75, 3.05) is 13.2 Å². The summed E-state index contributed by atoms with van der Waals surface area (Å²) in [5.41, 5.74) is 1.39. The largest absolute Gasteiger partial charge is 0.374 e. The zero-order valence-corrected chi connectivity index (χ0v) is 13.9. The second-order valence-electron chi connectivity index (χ2n) is 6.27. The molecule has 0 aliphatic heterocycles. The molecule has 1 unspecified atom stereocenters. The fourth-order valence-electron chi connectivity index (χ4n) is 3.64. The predicted octanol–water partition coefficient (Wildman–Crippen LogP) is 3.07. The number of nitrogens with zero attached hydrogens (tertiary/aromatic N) is 2. The summed E-state index contributed by atoms with van der Waals surface area (Å²) in [6.45, 7) is 6.25. The quantitative estimate of drug-likeness (QED) is 0.760. The van der Waals surface area contributed by atoms with Gasteiger partial charge in [0.1, 0.15) is 0 Å². The highest BCUT2D eigenvalue weighted by Gasteiger charge is 2.41. The number of nitrogens with one attached hydrogen (secondary N) is 1. The van der Waals surface area contributed by atoms with E-state index in [4.69, 9.17) is 4.74 Å². The molecule has 1 heterocycles. The third-order valence-electron chi connectivity index (χ3n) is 4.64. The van der Waals surface area contributed by atoms with Crippen molar-refractivity contribution >= 4 is 0 Å². The van der Waals surface area contributed by atoms with E-state index in [-0.39, 0.29) is 5.60 Å². The van der Waals surface area contributed by atoms with Crippen LogP contribution in [0.25, 0.3) is 0 Å². The molecule has 1 atom stereocenters. The lowest BCUT2D eigenvalue weighted by molar-refractivity contribution is -0.0630. The Bertz CT molecular complexity index is 410. The first-order chi connectivity index (χ1) is 10.2. The van der Waals surface area contributed by atoms with E-state index < -0.39 is 0 Å². The highest BCUT2D eigenvalue weighted by molar-refractivity contribution is 5.06. The van der Waals surface area contributed by atoms with E-state index in [1.54, 1.807) is 0 Å². The molecule has 0 aromatic carbocycles. The highest BCUT2D eigenvalue weighted by atomic mass is 16.5. The standard InChI is InChI=1S/C17H31N3O/c1-4-12-18-16(9-8-15-13-19-20(3)14-15)17(21-5-2)10-6-7-11-17/h13-14,16,18H,4-12H2,1-3H3. The maximum absolute atomic E-state index is 6.26. The molecular formula is C17H31N3O. The van der Waals surface area contributed by atoms with E-state index in [1.807, 2.05) is 17.9 Å². The van der Waals surface area contributed by atoms with E-state index in [0.717, 1.165) is 26.0 Å². The van der Waals surface area contributed by atoms with Gasteiger partial charge < -0.3 is 10.1 Å². The van der Waals surface area contributed by atoms with Crippen molar-refractivity contribution in [3.63, 3.8) is 0 Å². The molecule has 2 rings (SSSR count). The van der Waals surface area contributed by atoms with E-state index >= 15 is 0 Å². The van der Waals surface area contributed by atoms with Gasteiger partial charge >= 0.3 is 0 Å². The third-order valence-corrected chi connectivity index (χ3v) is 4.64. The molecule has 1 aromatic rings. The zero-order valence-electron chi connectivity index (χ0n) is 13.9. The van der Waals surface area contributed by atoms with E-state index in [9.17, 15) is 0 Å². The van der Waals surface area contributed by atoms with Crippen LogP contribution in [0.2, 0.25) is 0 Å². The summed E-state index contributed by atoms with van der Waals surface area (Å²) in [5.74, 6) is 0. The maximum atomic E-state index is 6.26. The first-order valence-corrected chi connectivity index (χ1v) is 8.55. The Morgan fingerprint density at radius 3 is 2.71 bits per heavy atom. The normalized spacial score (nSPS) is 19.0. The molecule has 1 saturated carbocycles. The van der Waals surface area contributed by atoms with E-state index in [2.05, 4.69) is 30.5 Å². The monoisotopic (exact) mass is 293 g/mol. The van der Waals surface area contributed by atoms with Crippen molar-refractivity contribution in [2.45, 2.75) is 70.4 Å². The summed E-state index contributed by atoms with van der Waals surface area (Å²) in [4.78, 5) is 0. The summed E-state index contributed by atoms with van der Waals surface area (Å²) in [5, 5.41) is 8.03. The molecule has 4 heteroatoms. The van der Waals surface area contributed by atoms with Crippen molar-refractivity contribution in [3.8, 4) is 0 Å². The average molecular weight is 293 g/mol. The number of aromatic nitrogens is 2. The van der Waals surface area contributed by atoms with Crippen LogP contribution in [-0.4, -0.2) is 34.6 Å². The molecule has 1 fully saturated rings. The Hall–Kier alpha value is -0.870. The van der Waals surface area contributed by atoms with Gasteiger partial charge in [-0.1, -0.05) is 19.8 Å². The van der Waals surface area contributed by atoms with Gasteiger partial charge in [0.2, 0.25) is 0 Å². The van der Waals surface area contributed by atoms with Crippen molar-refractivity contribution in [3.05, 3.63) is 18.0 Å². The second-order valence-corrected chi connectivity index (χ2v) is 6.27. The zero-order chi connectivity index (χ0) is 15.1. The smallest absolute Gasteiger partial charge is 0.0834 e. The molecule has 120 valence electrons. The Morgan fingerprint density at radius 2 is 2.14 bits per heavy atom. The number of rotatable bonds is 9. The van der Waals surface area contributed by atoms with Crippen LogP contribution in [0.5, 0.6) is 0 Å². The van der Waals surface area contributed by atoms with Crippen LogP contribution < -0.4 is 5.32 Å². The van der Waals surface area contributed by atoms with Gasteiger partial charge in [0.15, 0.2) is 0 Å². The first-order valence-electron chi connectivity index (χ1n) is 8.55. The molecule has 1 aromatic heterocycles.